The molecular formula is C26H34N2O5. The van der Waals surface area contributed by atoms with Crippen molar-refractivity contribution in [2.75, 3.05) is 5.32 Å². The van der Waals surface area contributed by atoms with Crippen molar-refractivity contribution in [1.29, 1.82) is 0 Å². The topological polar surface area (TPSA) is 98.5 Å². The van der Waals surface area contributed by atoms with Crippen LogP contribution in [0.5, 0.6) is 0 Å². The second-order valence-corrected chi connectivity index (χ2v) is 11.3. The van der Waals surface area contributed by atoms with Crippen LogP contribution in [0.2, 0.25) is 0 Å². The van der Waals surface area contributed by atoms with Gasteiger partial charge in [0.05, 0.1) is 4.92 Å². The number of non-ortho nitro benzene ring substituents is 1. The summed E-state index contributed by atoms with van der Waals surface area (Å²) >= 11 is 0. The Morgan fingerprint density at radius 2 is 1.82 bits per heavy atom. The smallest absolute Gasteiger partial charge is 0.411 e. The number of amides is 1. The first kappa shape index (κ1) is 22.4. The minimum Gasteiger partial charge on any atom is -0.446 e. The number of fused-ring (bicyclic) bond motifs is 5. The summed E-state index contributed by atoms with van der Waals surface area (Å²) in [6, 6.07) is 5.77. The standard InChI is InChI=1S/C26H34N2O5/c1-25-13-11-19(33-24(30)27-17-4-6-18(7-5-17)28(31)32)15-16(25)3-8-20-21-9-10-23(29)26(21,2)14-12-22(20)25/h4-7,16,19-22H,3,8-15H2,1-2H3,(H,27,30)/t16-,19+,20-,21-,22-,25-,26-/m0/s1. The van der Waals surface area contributed by atoms with E-state index < -0.39 is 11.0 Å². The number of nitro groups is 1. The van der Waals surface area contributed by atoms with Crippen LogP contribution in [0, 0.1) is 44.6 Å². The summed E-state index contributed by atoms with van der Waals surface area (Å²) in [7, 11) is 0. The van der Waals surface area contributed by atoms with Gasteiger partial charge in [-0.1, -0.05) is 13.8 Å². The zero-order chi connectivity index (χ0) is 23.4. The van der Waals surface area contributed by atoms with Crippen LogP contribution in [-0.4, -0.2) is 22.9 Å². The fourth-order valence-electron chi connectivity index (χ4n) is 8.06. The lowest BCUT2D eigenvalue weighted by Gasteiger charge is -2.60. The predicted octanol–water partition coefficient (Wildman–Crippen LogP) is 6.12. The number of rotatable bonds is 3. The van der Waals surface area contributed by atoms with Crippen LogP contribution >= 0.6 is 0 Å². The number of nitrogens with zero attached hydrogens (tertiary/aromatic N) is 1. The summed E-state index contributed by atoms with van der Waals surface area (Å²) in [6.07, 6.45) is 8.62. The summed E-state index contributed by atoms with van der Waals surface area (Å²) in [5.74, 6) is 2.94. The average molecular weight is 455 g/mol. The number of Topliss-reactive ketones (excluding diaryl/α,β-unsaturated/α-hetero) is 1. The van der Waals surface area contributed by atoms with Crippen molar-refractivity contribution in [3.05, 3.63) is 34.4 Å². The van der Waals surface area contributed by atoms with E-state index in [0.29, 0.717) is 35.1 Å². The van der Waals surface area contributed by atoms with Gasteiger partial charge in [0.2, 0.25) is 0 Å². The SMILES string of the molecule is C[C@]12CC[C@@H](OC(=O)Nc3ccc([N+](=O)[O-])cc3)C[C@@H]1CC[C@@H]1[C@@H]2CC[C@]2(C)C(=O)CC[C@@H]12. The summed E-state index contributed by atoms with van der Waals surface area (Å²) in [5.41, 5.74) is 0.662. The van der Waals surface area contributed by atoms with E-state index in [1.54, 1.807) is 0 Å². The lowest BCUT2D eigenvalue weighted by atomic mass is 9.45. The van der Waals surface area contributed by atoms with Crippen LogP contribution in [0.1, 0.15) is 71.6 Å². The van der Waals surface area contributed by atoms with E-state index in [1.807, 2.05) is 0 Å². The van der Waals surface area contributed by atoms with Crippen LogP contribution in [0.3, 0.4) is 0 Å². The molecule has 0 bridgehead atoms. The number of carbonyl (C=O) groups excluding carboxylic acids is 2. The molecule has 33 heavy (non-hydrogen) atoms. The molecule has 1 N–H and O–H groups in total. The number of nitro benzene ring substituents is 1. The van der Waals surface area contributed by atoms with E-state index in [4.69, 9.17) is 4.74 Å². The Labute approximate surface area is 194 Å². The fourth-order valence-corrected chi connectivity index (χ4v) is 8.06. The Morgan fingerprint density at radius 3 is 2.55 bits per heavy atom. The third-order valence-electron chi connectivity index (χ3n) is 9.92. The fraction of sp³-hybridized carbons (Fsp3) is 0.692. The normalized spacial score (nSPS) is 39.7. The van der Waals surface area contributed by atoms with Crippen LogP contribution in [0.25, 0.3) is 0 Å². The maximum atomic E-state index is 12.6. The van der Waals surface area contributed by atoms with Gasteiger partial charge in [0.25, 0.3) is 5.69 Å². The molecule has 0 aliphatic heterocycles. The molecule has 0 aromatic heterocycles. The summed E-state index contributed by atoms with van der Waals surface area (Å²) in [5, 5.41) is 13.5. The summed E-state index contributed by atoms with van der Waals surface area (Å²) in [6.45, 7) is 4.69. The van der Waals surface area contributed by atoms with Crippen molar-refractivity contribution in [2.24, 2.45) is 34.5 Å². The lowest BCUT2D eigenvalue weighted by Crippen LogP contribution is -2.54. The van der Waals surface area contributed by atoms with Crippen LogP contribution in [-0.2, 0) is 9.53 Å². The molecule has 0 unspecified atom stereocenters. The van der Waals surface area contributed by atoms with Crippen LogP contribution < -0.4 is 5.32 Å². The maximum absolute atomic E-state index is 12.6. The van der Waals surface area contributed by atoms with E-state index in [9.17, 15) is 19.7 Å². The zero-order valence-corrected chi connectivity index (χ0v) is 19.5. The Hall–Kier alpha value is -2.44. The highest BCUT2D eigenvalue weighted by molar-refractivity contribution is 5.87. The third kappa shape index (κ3) is 3.73. The van der Waals surface area contributed by atoms with Gasteiger partial charge in [-0.2, -0.15) is 0 Å². The Kier molecular flexibility index (Phi) is 5.49. The van der Waals surface area contributed by atoms with Crippen molar-refractivity contribution < 1.29 is 19.2 Å². The Bertz CT molecular complexity index is 962. The van der Waals surface area contributed by atoms with Gasteiger partial charge >= 0.3 is 6.09 Å². The lowest BCUT2D eigenvalue weighted by molar-refractivity contribution is -0.384. The Balaban J connectivity index is 1.20. The van der Waals surface area contributed by atoms with Crippen molar-refractivity contribution >= 4 is 23.3 Å². The zero-order valence-electron chi connectivity index (χ0n) is 19.5. The molecule has 7 nitrogen and oxygen atoms in total. The second kappa shape index (κ2) is 8.10. The minimum absolute atomic E-state index is 0.0129. The van der Waals surface area contributed by atoms with E-state index >= 15 is 0 Å². The number of carbonyl (C=O) groups is 2. The summed E-state index contributed by atoms with van der Waals surface area (Å²) < 4.78 is 5.77. The number of hydrogen-bond donors (Lipinski definition) is 1. The molecular weight excluding hydrogens is 420 g/mol. The molecule has 5 rings (SSSR count). The van der Waals surface area contributed by atoms with E-state index in [-0.39, 0.29) is 22.6 Å². The molecule has 4 aliphatic carbocycles. The molecule has 1 aromatic carbocycles. The van der Waals surface area contributed by atoms with Crippen molar-refractivity contribution in [3.63, 3.8) is 0 Å². The molecule has 0 radical (unpaired) electrons. The summed E-state index contributed by atoms with van der Waals surface area (Å²) in [4.78, 5) is 35.4. The van der Waals surface area contributed by atoms with Gasteiger partial charge in [0.1, 0.15) is 11.9 Å². The van der Waals surface area contributed by atoms with Crippen molar-refractivity contribution in [3.8, 4) is 0 Å². The first-order valence-corrected chi connectivity index (χ1v) is 12.5. The number of anilines is 1. The minimum atomic E-state index is -0.496. The molecule has 0 saturated heterocycles. The molecule has 7 heteroatoms. The largest absolute Gasteiger partial charge is 0.446 e. The molecule has 4 fully saturated rings. The first-order chi connectivity index (χ1) is 15.7. The Morgan fingerprint density at radius 1 is 1.06 bits per heavy atom. The van der Waals surface area contributed by atoms with E-state index in [0.717, 1.165) is 51.4 Å². The van der Waals surface area contributed by atoms with E-state index in [2.05, 4.69) is 19.2 Å². The highest BCUT2D eigenvalue weighted by Gasteiger charge is 2.60. The molecule has 4 saturated carbocycles. The van der Waals surface area contributed by atoms with Crippen molar-refractivity contribution in [1.82, 2.24) is 0 Å². The number of ketones is 1. The number of benzene rings is 1. The van der Waals surface area contributed by atoms with Gasteiger partial charge in [-0.15, -0.1) is 0 Å². The molecule has 0 spiro atoms. The van der Waals surface area contributed by atoms with Gasteiger partial charge in [0, 0.05) is 29.7 Å². The molecule has 7 atom stereocenters. The number of nitrogens with one attached hydrogen (secondary N) is 1. The second-order valence-electron chi connectivity index (χ2n) is 11.3. The third-order valence-corrected chi connectivity index (χ3v) is 9.92. The highest BCUT2D eigenvalue weighted by Crippen LogP contribution is 2.65. The van der Waals surface area contributed by atoms with E-state index in [1.165, 1.54) is 30.7 Å². The van der Waals surface area contributed by atoms with Gasteiger partial charge < -0.3 is 4.74 Å². The predicted molar refractivity (Wildman–Crippen MR) is 124 cm³/mol. The van der Waals surface area contributed by atoms with Crippen LogP contribution in [0.15, 0.2) is 24.3 Å². The van der Waals surface area contributed by atoms with Crippen LogP contribution in [0.4, 0.5) is 16.2 Å². The van der Waals surface area contributed by atoms with Gasteiger partial charge in [-0.05, 0) is 92.6 Å². The molecule has 1 aromatic rings. The number of ether oxygens (including phenoxy) is 1. The molecule has 4 aliphatic rings. The monoisotopic (exact) mass is 454 g/mol. The quantitative estimate of drug-likeness (QED) is 0.438. The molecule has 1 amide bonds. The van der Waals surface area contributed by atoms with Gasteiger partial charge in [0.15, 0.2) is 0 Å². The molecule has 178 valence electrons. The molecule has 0 heterocycles. The van der Waals surface area contributed by atoms with Gasteiger partial charge in [-0.3, -0.25) is 20.2 Å². The average Bonchev–Trinajstić information content (AvgIpc) is 3.09. The maximum Gasteiger partial charge on any atom is 0.411 e. The highest BCUT2D eigenvalue weighted by atomic mass is 16.6. The van der Waals surface area contributed by atoms with Gasteiger partial charge in [-0.25, -0.2) is 4.79 Å². The first-order valence-electron chi connectivity index (χ1n) is 12.5. The van der Waals surface area contributed by atoms with Crippen molar-refractivity contribution in [2.45, 2.75) is 77.7 Å². The number of hydrogen-bond acceptors (Lipinski definition) is 5.